The summed E-state index contributed by atoms with van der Waals surface area (Å²) in [6.07, 6.45) is 3.96. The molecule has 2 N–H and O–H groups in total. The van der Waals surface area contributed by atoms with Gasteiger partial charge in [-0.2, -0.15) is 11.8 Å². The van der Waals surface area contributed by atoms with E-state index in [2.05, 4.69) is 20.7 Å². The molecule has 4 atom stereocenters. The summed E-state index contributed by atoms with van der Waals surface area (Å²) >= 11 is 1.93. The maximum Gasteiger partial charge on any atom is 0.315 e. The summed E-state index contributed by atoms with van der Waals surface area (Å²) in [5.41, 5.74) is 8.43. The van der Waals surface area contributed by atoms with Gasteiger partial charge in [-0.3, -0.25) is 0 Å². The quantitative estimate of drug-likeness (QED) is 0.335. The minimum absolute atomic E-state index is 0.0317. The van der Waals surface area contributed by atoms with E-state index in [4.69, 9.17) is 5.53 Å². The first-order valence-electron chi connectivity index (χ1n) is 6.47. The number of rotatable bonds is 6. The van der Waals surface area contributed by atoms with Crippen molar-refractivity contribution in [3.63, 3.8) is 0 Å². The SMILES string of the molecule is CCC(CCC[C@@H]1SC[C@@H]2NC(=O)N[C@@H]21)N=[N+]=[N-]. The summed E-state index contributed by atoms with van der Waals surface area (Å²) < 4.78 is 0. The fourth-order valence-corrected chi connectivity index (χ4v) is 4.16. The van der Waals surface area contributed by atoms with Gasteiger partial charge in [0.25, 0.3) is 0 Å². The van der Waals surface area contributed by atoms with E-state index in [0.29, 0.717) is 11.3 Å². The van der Waals surface area contributed by atoms with Gasteiger partial charge in [0.1, 0.15) is 0 Å². The number of hydrogen-bond donors (Lipinski definition) is 2. The number of hydrogen-bond acceptors (Lipinski definition) is 3. The Hall–Kier alpha value is -1.07. The molecule has 7 heteroatoms. The van der Waals surface area contributed by atoms with Gasteiger partial charge < -0.3 is 10.6 Å². The summed E-state index contributed by atoms with van der Waals surface area (Å²) in [5.74, 6) is 1.00. The molecular weight excluding hydrogens is 250 g/mol. The van der Waals surface area contributed by atoms with Crippen molar-refractivity contribution in [2.24, 2.45) is 5.11 Å². The minimum Gasteiger partial charge on any atom is -0.332 e. The third-order valence-electron chi connectivity index (χ3n) is 3.65. The van der Waals surface area contributed by atoms with Gasteiger partial charge >= 0.3 is 6.03 Å². The fraction of sp³-hybridized carbons (Fsp3) is 0.909. The van der Waals surface area contributed by atoms with Crippen LogP contribution < -0.4 is 10.6 Å². The molecule has 0 spiro atoms. The van der Waals surface area contributed by atoms with Gasteiger partial charge in [-0.15, -0.1) is 0 Å². The Morgan fingerprint density at radius 1 is 1.61 bits per heavy atom. The van der Waals surface area contributed by atoms with Crippen molar-refractivity contribution < 1.29 is 4.79 Å². The monoisotopic (exact) mass is 269 g/mol. The van der Waals surface area contributed by atoms with Crippen LogP contribution in [0.5, 0.6) is 0 Å². The van der Waals surface area contributed by atoms with Gasteiger partial charge in [0.15, 0.2) is 0 Å². The fourth-order valence-electron chi connectivity index (χ4n) is 2.61. The maximum absolute atomic E-state index is 11.2. The van der Waals surface area contributed by atoms with E-state index in [1.165, 1.54) is 0 Å². The van der Waals surface area contributed by atoms with E-state index in [-0.39, 0.29) is 18.1 Å². The molecule has 2 fully saturated rings. The average molecular weight is 269 g/mol. The number of nitrogens with one attached hydrogen (secondary N) is 2. The summed E-state index contributed by atoms with van der Waals surface area (Å²) in [7, 11) is 0. The molecule has 0 radical (unpaired) electrons. The molecule has 0 aliphatic carbocycles. The van der Waals surface area contributed by atoms with Crippen LogP contribution in [0.1, 0.15) is 32.6 Å². The van der Waals surface area contributed by atoms with Crippen LogP contribution in [0.3, 0.4) is 0 Å². The number of carbonyl (C=O) groups excluding carboxylic acids is 1. The zero-order valence-corrected chi connectivity index (χ0v) is 11.3. The first-order valence-corrected chi connectivity index (χ1v) is 7.52. The molecule has 100 valence electrons. The van der Waals surface area contributed by atoms with E-state index in [9.17, 15) is 4.79 Å². The topological polar surface area (TPSA) is 89.9 Å². The number of nitrogens with zero attached hydrogens (tertiary/aromatic N) is 3. The molecule has 2 rings (SSSR count). The predicted molar refractivity (Wildman–Crippen MR) is 72.6 cm³/mol. The first-order chi connectivity index (χ1) is 8.74. The second kappa shape index (κ2) is 6.20. The van der Waals surface area contributed by atoms with Crippen molar-refractivity contribution in [3.8, 4) is 0 Å². The predicted octanol–water partition coefficient (Wildman–Crippen LogP) is 2.41. The summed E-state index contributed by atoms with van der Waals surface area (Å²) in [4.78, 5) is 14.1. The molecule has 1 unspecified atom stereocenters. The third kappa shape index (κ3) is 3.03. The molecule has 2 saturated heterocycles. The van der Waals surface area contributed by atoms with Gasteiger partial charge in [0, 0.05) is 22.0 Å². The van der Waals surface area contributed by atoms with E-state index in [1.54, 1.807) is 0 Å². The summed E-state index contributed by atoms with van der Waals surface area (Å²) in [6, 6.07) is 0.665. The highest BCUT2D eigenvalue weighted by molar-refractivity contribution is 8.00. The molecule has 0 aromatic heterocycles. The van der Waals surface area contributed by atoms with Gasteiger partial charge in [0.05, 0.1) is 12.1 Å². The van der Waals surface area contributed by atoms with Crippen LogP contribution >= 0.6 is 11.8 Å². The zero-order valence-electron chi connectivity index (χ0n) is 10.5. The molecule has 0 aromatic rings. The summed E-state index contributed by atoms with van der Waals surface area (Å²) in [5, 5.41) is 10.2. The number of fused-ring (bicyclic) bond motifs is 1. The number of amides is 2. The average Bonchev–Trinajstić information content (AvgIpc) is 2.88. The highest BCUT2D eigenvalue weighted by Gasteiger charge is 2.42. The third-order valence-corrected chi connectivity index (χ3v) is 5.16. The second-order valence-electron chi connectivity index (χ2n) is 4.82. The minimum atomic E-state index is -0.0317. The van der Waals surface area contributed by atoms with Crippen LogP contribution in [0.2, 0.25) is 0 Å². The largest absolute Gasteiger partial charge is 0.332 e. The van der Waals surface area contributed by atoms with Crippen LogP contribution in [0.25, 0.3) is 10.4 Å². The molecule has 6 nitrogen and oxygen atoms in total. The lowest BCUT2D eigenvalue weighted by atomic mass is 10.0. The Bertz CT molecular complexity index is 357. The lowest BCUT2D eigenvalue weighted by Gasteiger charge is -2.17. The van der Waals surface area contributed by atoms with Crippen molar-refractivity contribution in [1.29, 1.82) is 0 Å². The maximum atomic E-state index is 11.2. The Balaban J connectivity index is 1.74. The van der Waals surface area contributed by atoms with Crippen LogP contribution in [0.4, 0.5) is 4.79 Å². The molecule has 2 aliphatic heterocycles. The number of azide groups is 1. The molecule has 0 aromatic carbocycles. The van der Waals surface area contributed by atoms with Crippen LogP contribution in [-0.2, 0) is 0 Å². The van der Waals surface area contributed by atoms with Gasteiger partial charge in [0.2, 0.25) is 0 Å². The zero-order chi connectivity index (χ0) is 13.0. The number of thioether (sulfide) groups is 1. The number of urea groups is 1. The highest BCUT2D eigenvalue weighted by Crippen LogP contribution is 2.33. The van der Waals surface area contributed by atoms with Gasteiger partial charge in [-0.1, -0.05) is 18.5 Å². The van der Waals surface area contributed by atoms with Crippen LogP contribution in [0.15, 0.2) is 5.11 Å². The van der Waals surface area contributed by atoms with Crippen LogP contribution in [0, 0.1) is 0 Å². The lowest BCUT2D eigenvalue weighted by Crippen LogP contribution is -2.36. The Labute approximate surface area is 111 Å². The molecule has 0 bridgehead atoms. The van der Waals surface area contributed by atoms with E-state index in [0.717, 1.165) is 31.4 Å². The van der Waals surface area contributed by atoms with E-state index in [1.807, 2.05) is 18.7 Å². The van der Waals surface area contributed by atoms with Crippen molar-refractivity contribution >= 4 is 17.8 Å². The molecule has 2 amide bonds. The normalized spacial score (nSPS) is 31.2. The Morgan fingerprint density at radius 3 is 3.17 bits per heavy atom. The standard InChI is InChI=1S/C11H19N5OS/c1-2-7(15-16-12)4-3-5-9-10-8(6-18-9)13-11(17)14-10/h7-10H,2-6H2,1H3,(H2,13,14,17)/t7?,8-,9-,10-/m0/s1. The van der Waals surface area contributed by atoms with Gasteiger partial charge in [-0.25, -0.2) is 4.79 Å². The second-order valence-corrected chi connectivity index (χ2v) is 6.09. The lowest BCUT2D eigenvalue weighted by molar-refractivity contribution is 0.247. The molecular formula is C11H19N5OS. The Morgan fingerprint density at radius 2 is 2.44 bits per heavy atom. The molecule has 2 heterocycles. The van der Waals surface area contributed by atoms with Gasteiger partial charge in [-0.05, 0) is 24.8 Å². The molecule has 0 saturated carbocycles. The Kier molecular flexibility index (Phi) is 4.60. The molecule has 2 aliphatic rings. The van der Waals surface area contributed by atoms with E-state index < -0.39 is 0 Å². The van der Waals surface area contributed by atoms with Crippen molar-refractivity contribution in [2.75, 3.05) is 5.75 Å². The van der Waals surface area contributed by atoms with Crippen molar-refractivity contribution in [3.05, 3.63) is 10.4 Å². The van der Waals surface area contributed by atoms with Crippen LogP contribution in [-0.4, -0.2) is 35.2 Å². The first kappa shape index (κ1) is 13.4. The number of carbonyl (C=O) groups is 1. The smallest absolute Gasteiger partial charge is 0.315 e. The van der Waals surface area contributed by atoms with E-state index >= 15 is 0 Å². The summed E-state index contributed by atoms with van der Waals surface area (Å²) in [6.45, 7) is 2.04. The highest BCUT2D eigenvalue weighted by atomic mass is 32.2. The van der Waals surface area contributed by atoms with Crippen molar-refractivity contribution in [1.82, 2.24) is 10.6 Å². The molecule has 18 heavy (non-hydrogen) atoms. The van der Waals surface area contributed by atoms with Crippen molar-refractivity contribution in [2.45, 2.75) is 56.0 Å².